The van der Waals surface area contributed by atoms with Gasteiger partial charge in [-0.3, -0.25) is 0 Å². The molecule has 0 aliphatic carbocycles. The predicted octanol–water partition coefficient (Wildman–Crippen LogP) is 4.81. The summed E-state index contributed by atoms with van der Waals surface area (Å²) in [6.07, 6.45) is 7.99. The number of nitrogens with zero attached hydrogens (tertiary/aromatic N) is 4. The lowest BCUT2D eigenvalue weighted by atomic mass is 10.0. The maximum absolute atomic E-state index is 4.95. The Kier molecular flexibility index (Phi) is 4.18. The van der Waals surface area contributed by atoms with Crippen LogP contribution < -0.4 is 0 Å². The Hall–Kier alpha value is -2.81. The molecule has 0 aromatic carbocycles. The minimum Gasteiger partial charge on any atom is -0.248 e. The van der Waals surface area contributed by atoms with Crippen LogP contribution in [0.2, 0.25) is 0 Å². The van der Waals surface area contributed by atoms with E-state index >= 15 is 0 Å². The van der Waals surface area contributed by atoms with Crippen molar-refractivity contribution in [2.45, 2.75) is 33.2 Å². The number of hydrogen-bond acceptors (Lipinski definition) is 4. The molecule has 2 aromatic heterocycles. The number of pyridine rings is 1. The van der Waals surface area contributed by atoms with Gasteiger partial charge in [-0.15, -0.1) is 11.3 Å². The van der Waals surface area contributed by atoms with Gasteiger partial charge in [0.2, 0.25) is 0 Å². The average molecular weight is 374 g/mol. The molecule has 0 spiro atoms. The van der Waals surface area contributed by atoms with E-state index in [1.54, 1.807) is 17.5 Å². The third-order valence-electron chi connectivity index (χ3n) is 4.74. The van der Waals surface area contributed by atoms with E-state index in [-0.39, 0.29) is 5.54 Å². The molecule has 4 nitrogen and oxygen atoms in total. The van der Waals surface area contributed by atoms with Gasteiger partial charge in [0.15, 0.2) is 0 Å². The van der Waals surface area contributed by atoms with Gasteiger partial charge in [-0.05, 0) is 63.8 Å². The molecule has 1 unspecified atom stereocenters. The number of rotatable bonds is 1. The Labute approximate surface area is 163 Å². The summed E-state index contributed by atoms with van der Waals surface area (Å²) >= 11 is 1.65. The van der Waals surface area contributed by atoms with Gasteiger partial charge in [0.05, 0.1) is 16.0 Å². The molecule has 27 heavy (non-hydrogen) atoms. The summed E-state index contributed by atoms with van der Waals surface area (Å²) in [6.45, 7) is 8.70. The number of fused-ring (bicyclic) bond motifs is 1. The summed E-state index contributed by atoms with van der Waals surface area (Å²) in [5.41, 5.74) is 2.68. The first-order valence-corrected chi connectivity index (χ1v) is 9.67. The lowest BCUT2D eigenvalue weighted by Crippen LogP contribution is -2.57. The third kappa shape index (κ3) is 3.08. The van der Waals surface area contributed by atoms with Gasteiger partial charge in [-0.1, -0.05) is 6.07 Å². The summed E-state index contributed by atoms with van der Waals surface area (Å²) in [5, 5.41) is 0. The van der Waals surface area contributed by atoms with Crippen molar-refractivity contribution < 1.29 is 4.48 Å². The SMILES string of the molecule is CC1=NC=C[N+]2(C(C)(C)C)C=C(c3ccc(C#Cc4ccccn4)s3)N=C12. The quantitative estimate of drug-likeness (QED) is 0.522. The fourth-order valence-corrected chi connectivity index (χ4v) is 4.02. The highest BCUT2D eigenvalue weighted by molar-refractivity contribution is 7.13. The van der Waals surface area contributed by atoms with Crippen LogP contribution >= 0.6 is 11.3 Å². The first-order valence-electron chi connectivity index (χ1n) is 8.85. The zero-order chi connectivity index (χ0) is 19.1. The number of quaternary nitrogens is 1. The van der Waals surface area contributed by atoms with Crippen LogP contribution in [-0.4, -0.2) is 26.6 Å². The molecular formula is C22H21N4S+. The second-order valence-corrected chi connectivity index (χ2v) is 8.62. The standard InChI is InChI=1S/C22H21N4S/c1-16-21-25-19(15-26(21,14-13-23-16)22(2,3)4)20-11-10-18(27-20)9-8-17-7-5-6-12-24-17/h5-7,10-15H,1-4H3/q+1. The van der Waals surface area contributed by atoms with E-state index in [1.807, 2.05) is 37.4 Å². The second kappa shape index (κ2) is 6.41. The lowest BCUT2D eigenvalue weighted by Gasteiger charge is -2.40. The predicted molar refractivity (Wildman–Crippen MR) is 112 cm³/mol. The van der Waals surface area contributed by atoms with Crippen molar-refractivity contribution in [2.75, 3.05) is 0 Å². The molecular weight excluding hydrogens is 352 g/mol. The number of thiophene rings is 1. The molecule has 4 heterocycles. The topological polar surface area (TPSA) is 37.6 Å². The normalized spacial score (nSPS) is 21.0. The fourth-order valence-electron chi connectivity index (χ4n) is 3.21. The van der Waals surface area contributed by atoms with Crippen LogP contribution in [0.4, 0.5) is 0 Å². The summed E-state index contributed by atoms with van der Waals surface area (Å²) < 4.78 is 0.588. The minimum absolute atomic E-state index is 0.0485. The van der Waals surface area contributed by atoms with Gasteiger partial charge in [-0.2, -0.15) is 4.99 Å². The van der Waals surface area contributed by atoms with E-state index in [0.29, 0.717) is 4.48 Å². The first-order chi connectivity index (χ1) is 12.9. The Balaban J connectivity index is 1.70. The van der Waals surface area contributed by atoms with Crippen LogP contribution in [0.3, 0.4) is 0 Å². The highest BCUT2D eigenvalue weighted by Gasteiger charge is 2.49. The van der Waals surface area contributed by atoms with Crippen molar-refractivity contribution in [1.29, 1.82) is 0 Å². The average Bonchev–Trinajstić information content (AvgIpc) is 3.26. The van der Waals surface area contributed by atoms with Gasteiger partial charge in [0.25, 0.3) is 5.84 Å². The van der Waals surface area contributed by atoms with E-state index in [4.69, 9.17) is 4.99 Å². The Bertz CT molecular complexity index is 1070. The molecule has 0 saturated heterocycles. The van der Waals surface area contributed by atoms with E-state index in [2.05, 4.69) is 61.1 Å². The van der Waals surface area contributed by atoms with Crippen LogP contribution in [0, 0.1) is 11.8 Å². The van der Waals surface area contributed by atoms with Crippen LogP contribution in [0.15, 0.2) is 65.1 Å². The summed E-state index contributed by atoms with van der Waals surface area (Å²) in [4.78, 5) is 15.8. The van der Waals surface area contributed by atoms with Crippen molar-refractivity contribution in [3.05, 3.63) is 70.6 Å². The molecule has 2 aliphatic rings. The molecule has 0 radical (unpaired) electrons. The Morgan fingerprint density at radius 2 is 1.93 bits per heavy atom. The van der Waals surface area contributed by atoms with E-state index in [9.17, 15) is 0 Å². The highest BCUT2D eigenvalue weighted by Crippen LogP contribution is 2.40. The minimum atomic E-state index is -0.0485. The summed E-state index contributed by atoms with van der Waals surface area (Å²) in [5.74, 6) is 7.31. The van der Waals surface area contributed by atoms with Gasteiger partial charge in [0.1, 0.15) is 35.0 Å². The molecule has 2 aromatic rings. The lowest BCUT2D eigenvalue weighted by molar-refractivity contribution is -0.783. The molecule has 0 N–H and O–H groups in total. The molecule has 2 aliphatic heterocycles. The van der Waals surface area contributed by atoms with Gasteiger partial charge >= 0.3 is 0 Å². The second-order valence-electron chi connectivity index (χ2n) is 7.54. The van der Waals surface area contributed by atoms with Gasteiger partial charge < -0.3 is 0 Å². The fraction of sp³-hybridized carbons (Fsp3) is 0.227. The molecule has 1 atom stereocenters. The molecule has 0 amide bonds. The third-order valence-corrected chi connectivity index (χ3v) is 5.77. The van der Waals surface area contributed by atoms with Crippen molar-refractivity contribution in [1.82, 2.24) is 4.98 Å². The Morgan fingerprint density at radius 3 is 2.63 bits per heavy atom. The van der Waals surface area contributed by atoms with Gasteiger partial charge in [-0.25, -0.2) is 14.5 Å². The van der Waals surface area contributed by atoms with Crippen molar-refractivity contribution in [2.24, 2.45) is 9.98 Å². The Morgan fingerprint density at radius 1 is 1.07 bits per heavy atom. The summed E-state index contributed by atoms with van der Waals surface area (Å²) in [7, 11) is 0. The van der Waals surface area contributed by atoms with E-state index in [0.717, 1.165) is 32.7 Å². The van der Waals surface area contributed by atoms with Crippen molar-refractivity contribution in [3.8, 4) is 11.8 Å². The van der Waals surface area contributed by atoms with Crippen LogP contribution in [0.25, 0.3) is 5.70 Å². The number of aromatic nitrogens is 1. The molecule has 4 rings (SSSR count). The zero-order valence-corrected chi connectivity index (χ0v) is 16.7. The number of hydrogen-bond donors (Lipinski definition) is 0. The van der Waals surface area contributed by atoms with Crippen molar-refractivity contribution >= 4 is 28.6 Å². The number of aliphatic imine (C=N–C) groups is 2. The maximum Gasteiger partial charge on any atom is 0.259 e. The molecule has 0 bridgehead atoms. The largest absolute Gasteiger partial charge is 0.259 e. The molecule has 0 saturated carbocycles. The molecule has 0 fully saturated rings. The van der Waals surface area contributed by atoms with E-state index in [1.165, 1.54) is 0 Å². The first kappa shape index (κ1) is 17.6. The van der Waals surface area contributed by atoms with Crippen LogP contribution in [-0.2, 0) is 0 Å². The van der Waals surface area contributed by atoms with Crippen LogP contribution in [0.1, 0.15) is 43.1 Å². The zero-order valence-electron chi connectivity index (χ0n) is 15.9. The number of amidine groups is 1. The highest BCUT2D eigenvalue weighted by atomic mass is 32.1. The summed E-state index contributed by atoms with van der Waals surface area (Å²) in [6, 6.07) is 9.89. The monoisotopic (exact) mass is 373 g/mol. The van der Waals surface area contributed by atoms with Crippen LogP contribution in [0.5, 0.6) is 0 Å². The molecule has 134 valence electrons. The smallest absolute Gasteiger partial charge is 0.248 e. The molecule has 5 heteroatoms. The van der Waals surface area contributed by atoms with Gasteiger partial charge in [0, 0.05) is 6.20 Å². The van der Waals surface area contributed by atoms with Crippen molar-refractivity contribution in [3.63, 3.8) is 0 Å². The maximum atomic E-state index is 4.95. The van der Waals surface area contributed by atoms with E-state index < -0.39 is 0 Å².